The molecule has 1 amide bonds. The third-order valence-corrected chi connectivity index (χ3v) is 5.02. The van der Waals surface area contributed by atoms with Crippen LogP contribution in [0.15, 0.2) is 42.5 Å². The number of nitrogens with one attached hydrogen (secondary N) is 1. The van der Waals surface area contributed by atoms with Crippen LogP contribution in [0.4, 0.5) is 5.69 Å². The van der Waals surface area contributed by atoms with Crippen LogP contribution in [0, 0.1) is 0 Å². The van der Waals surface area contributed by atoms with Crippen LogP contribution < -0.4 is 14.8 Å². The normalized spacial score (nSPS) is 11.9. The van der Waals surface area contributed by atoms with Crippen molar-refractivity contribution in [1.29, 1.82) is 0 Å². The monoisotopic (exact) mass is 384 g/mol. The second kappa shape index (κ2) is 10.7. The zero-order chi connectivity index (χ0) is 20.5. The van der Waals surface area contributed by atoms with Crippen LogP contribution in [0.2, 0.25) is 0 Å². The second-order valence-electron chi connectivity index (χ2n) is 7.16. The molecular formula is C23H32N2O3. The van der Waals surface area contributed by atoms with E-state index in [1.54, 1.807) is 14.2 Å². The van der Waals surface area contributed by atoms with Gasteiger partial charge in [0.15, 0.2) is 11.5 Å². The highest BCUT2D eigenvalue weighted by Gasteiger charge is 2.10. The highest BCUT2D eigenvalue weighted by molar-refractivity contribution is 5.92. The molecule has 0 radical (unpaired) electrons. The van der Waals surface area contributed by atoms with Crippen molar-refractivity contribution in [2.24, 2.45) is 0 Å². The summed E-state index contributed by atoms with van der Waals surface area (Å²) in [6.45, 7) is 5.51. The molecule has 2 rings (SSSR count). The van der Waals surface area contributed by atoms with Crippen molar-refractivity contribution in [2.75, 3.05) is 39.7 Å². The summed E-state index contributed by atoms with van der Waals surface area (Å²) < 4.78 is 10.6. The quantitative estimate of drug-likeness (QED) is 0.662. The molecule has 1 N–H and O–H groups in total. The Morgan fingerprint density at radius 3 is 2.36 bits per heavy atom. The summed E-state index contributed by atoms with van der Waals surface area (Å²) in [6.07, 6.45) is 1.93. The first-order valence-electron chi connectivity index (χ1n) is 9.76. The molecule has 0 aliphatic rings. The van der Waals surface area contributed by atoms with Crippen molar-refractivity contribution in [1.82, 2.24) is 4.90 Å². The SMILES string of the molecule is CC[C@@H](C)c1ccc(NC(=O)CN(C)CCc2ccc(OC)c(OC)c2)cc1. The number of benzene rings is 2. The van der Waals surface area contributed by atoms with E-state index in [2.05, 4.69) is 31.3 Å². The van der Waals surface area contributed by atoms with Crippen LogP contribution in [0.3, 0.4) is 0 Å². The lowest BCUT2D eigenvalue weighted by Gasteiger charge is -2.17. The van der Waals surface area contributed by atoms with E-state index in [0.717, 1.165) is 42.1 Å². The van der Waals surface area contributed by atoms with Crippen LogP contribution in [0.5, 0.6) is 11.5 Å². The van der Waals surface area contributed by atoms with E-state index < -0.39 is 0 Å². The van der Waals surface area contributed by atoms with E-state index in [4.69, 9.17) is 9.47 Å². The van der Waals surface area contributed by atoms with Gasteiger partial charge in [0, 0.05) is 12.2 Å². The Kier molecular flexibility index (Phi) is 8.33. The van der Waals surface area contributed by atoms with Crippen molar-refractivity contribution in [2.45, 2.75) is 32.6 Å². The van der Waals surface area contributed by atoms with Gasteiger partial charge in [-0.25, -0.2) is 0 Å². The Labute approximate surface area is 168 Å². The Bertz CT molecular complexity index is 759. The first-order chi connectivity index (χ1) is 13.5. The van der Waals surface area contributed by atoms with Gasteiger partial charge in [0.25, 0.3) is 0 Å². The molecule has 28 heavy (non-hydrogen) atoms. The molecule has 0 aliphatic carbocycles. The van der Waals surface area contributed by atoms with Crippen LogP contribution in [-0.2, 0) is 11.2 Å². The summed E-state index contributed by atoms with van der Waals surface area (Å²) in [4.78, 5) is 14.3. The van der Waals surface area contributed by atoms with Crippen molar-refractivity contribution < 1.29 is 14.3 Å². The average molecular weight is 385 g/mol. The second-order valence-corrected chi connectivity index (χ2v) is 7.16. The van der Waals surface area contributed by atoms with E-state index in [-0.39, 0.29) is 5.91 Å². The molecule has 0 spiro atoms. The average Bonchev–Trinajstić information content (AvgIpc) is 2.71. The van der Waals surface area contributed by atoms with Gasteiger partial charge in [-0.05, 0) is 61.2 Å². The molecule has 0 heterocycles. The predicted molar refractivity (Wildman–Crippen MR) is 115 cm³/mol. The maximum Gasteiger partial charge on any atom is 0.238 e. The van der Waals surface area contributed by atoms with Gasteiger partial charge in [0.1, 0.15) is 0 Å². The maximum absolute atomic E-state index is 12.3. The molecule has 152 valence electrons. The van der Waals surface area contributed by atoms with Crippen molar-refractivity contribution in [3.05, 3.63) is 53.6 Å². The molecule has 0 bridgehead atoms. The first-order valence-corrected chi connectivity index (χ1v) is 9.76. The molecule has 0 saturated heterocycles. The van der Waals surface area contributed by atoms with Gasteiger partial charge < -0.3 is 14.8 Å². The van der Waals surface area contributed by atoms with Gasteiger partial charge in [-0.3, -0.25) is 9.69 Å². The summed E-state index contributed by atoms with van der Waals surface area (Å²) in [5.74, 6) is 1.97. The molecule has 2 aromatic rings. The summed E-state index contributed by atoms with van der Waals surface area (Å²) >= 11 is 0. The van der Waals surface area contributed by atoms with Crippen LogP contribution in [-0.4, -0.2) is 45.2 Å². The van der Waals surface area contributed by atoms with Gasteiger partial charge in [-0.15, -0.1) is 0 Å². The van der Waals surface area contributed by atoms with E-state index in [1.807, 2.05) is 42.3 Å². The van der Waals surface area contributed by atoms with Crippen molar-refractivity contribution in [3.8, 4) is 11.5 Å². The van der Waals surface area contributed by atoms with Crippen LogP contribution in [0.25, 0.3) is 0 Å². The molecule has 5 nitrogen and oxygen atoms in total. The molecule has 0 aromatic heterocycles. The lowest BCUT2D eigenvalue weighted by Crippen LogP contribution is -2.31. The summed E-state index contributed by atoms with van der Waals surface area (Å²) in [7, 11) is 5.21. The van der Waals surface area contributed by atoms with Crippen LogP contribution >= 0.6 is 0 Å². The zero-order valence-electron chi connectivity index (χ0n) is 17.6. The Morgan fingerprint density at radius 1 is 1.07 bits per heavy atom. The molecule has 5 heteroatoms. The van der Waals surface area contributed by atoms with Gasteiger partial charge in [0.05, 0.1) is 20.8 Å². The maximum atomic E-state index is 12.3. The number of amides is 1. The van der Waals surface area contributed by atoms with Gasteiger partial charge in [-0.1, -0.05) is 32.0 Å². The fourth-order valence-corrected chi connectivity index (χ4v) is 3.01. The number of carbonyl (C=O) groups excluding carboxylic acids is 1. The summed E-state index contributed by atoms with van der Waals surface area (Å²) in [6, 6.07) is 14.0. The Balaban J connectivity index is 1.82. The molecule has 0 saturated carbocycles. The fraction of sp³-hybridized carbons (Fsp3) is 0.435. The lowest BCUT2D eigenvalue weighted by molar-refractivity contribution is -0.117. The summed E-state index contributed by atoms with van der Waals surface area (Å²) in [5, 5.41) is 2.97. The Hall–Kier alpha value is -2.53. The first kappa shape index (κ1) is 21.8. The van der Waals surface area contributed by atoms with Gasteiger partial charge in [-0.2, -0.15) is 0 Å². The van der Waals surface area contributed by atoms with E-state index in [1.165, 1.54) is 5.56 Å². The molecule has 0 aliphatic heterocycles. The molecule has 1 atom stereocenters. The number of anilines is 1. The number of hydrogen-bond donors (Lipinski definition) is 1. The fourth-order valence-electron chi connectivity index (χ4n) is 3.01. The van der Waals surface area contributed by atoms with Gasteiger partial charge >= 0.3 is 0 Å². The number of carbonyl (C=O) groups is 1. The van der Waals surface area contributed by atoms with E-state index in [9.17, 15) is 4.79 Å². The highest BCUT2D eigenvalue weighted by Crippen LogP contribution is 2.27. The largest absolute Gasteiger partial charge is 0.493 e. The number of hydrogen-bond acceptors (Lipinski definition) is 4. The predicted octanol–water partition coefficient (Wildman–Crippen LogP) is 4.33. The smallest absolute Gasteiger partial charge is 0.238 e. The van der Waals surface area contributed by atoms with E-state index >= 15 is 0 Å². The topological polar surface area (TPSA) is 50.8 Å². The lowest BCUT2D eigenvalue weighted by atomic mass is 9.99. The summed E-state index contributed by atoms with van der Waals surface area (Å²) in [5.41, 5.74) is 3.28. The number of ether oxygens (including phenoxy) is 2. The number of nitrogens with zero attached hydrogens (tertiary/aromatic N) is 1. The third kappa shape index (κ3) is 6.27. The number of rotatable bonds is 10. The van der Waals surface area contributed by atoms with E-state index in [0.29, 0.717) is 12.5 Å². The molecular weight excluding hydrogens is 352 g/mol. The number of likely N-dealkylation sites (N-methyl/N-ethyl adjacent to an activating group) is 1. The standard InChI is InChI=1S/C23H32N2O3/c1-6-17(2)19-8-10-20(11-9-19)24-23(26)16-25(3)14-13-18-7-12-21(27-4)22(15-18)28-5/h7-12,15,17H,6,13-14,16H2,1-5H3,(H,24,26)/t17-/m1/s1. The van der Waals surface area contributed by atoms with Crippen molar-refractivity contribution >= 4 is 11.6 Å². The molecule has 0 unspecified atom stereocenters. The van der Waals surface area contributed by atoms with Crippen molar-refractivity contribution in [3.63, 3.8) is 0 Å². The number of methoxy groups -OCH3 is 2. The minimum atomic E-state index is -0.00824. The molecule has 2 aromatic carbocycles. The minimum Gasteiger partial charge on any atom is -0.493 e. The molecule has 0 fully saturated rings. The third-order valence-electron chi connectivity index (χ3n) is 5.02. The zero-order valence-corrected chi connectivity index (χ0v) is 17.6. The minimum absolute atomic E-state index is 0.00824. The van der Waals surface area contributed by atoms with Gasteiger partial charge in [0.2, 0.25) is 5.91 Å². The van der Waals surface area contributed by atoms with Crippen LogP contribution in [0.1, 0.15) is 37.3 Å². The highest BCUT2D eigenvalue weighted by atomic mass is 16.5. The Morgan fingerprint density at radius 2 is 1.75 bits per heavy atom.